The van der Waals surface area contributed by atoms with Gasteiger partial charge in [0.1, 0.15) is 5.75 Å². The summed E-state index contributed by atoms with van der Waals surface area (Å²) in [5.74, 6) is 0.628. The summed E-state index contributed by atoms with van der Waals surface area (Å²) in [5, 5.41) is 3.02. The Bertz CT molecular complexity index is 566. The minimum atomic E-state index is -0.335. The zero-order chi connectivity index (χ0) is 15.1. The lowest BCUT2D eigenvalue weighted by atomic mass is 10.1. The van der Waals surface area contributed by atoms with Crippen molar-refractivity contribution in [3.05, 3.63) is 59.4 Å². The second-order valence-electron chi connectivity index (χ2n) is 5.11. The molecule has 0 amide bonds. The number of halogens is 1. The Balaban J connectivity index is 2.14. The van der Waals surface area contributed by atoms with Gasteiger partial charge in [-0.15, -0.1) is 0 Å². The van der Waals surface area contributed by atoms with Crippen LogP contribution in [0.2, 0.25) is 0 Å². The smallest absolute Gasteiger partial charge is 0.167 e. The van der Waals surface area contributed by atoms with Crippen molar-refractivity contribution in [3.63, 3.8) is 0 Å². The van der Waals surface area contributed by atoms with Crippen molar-refractivity contribution in [3.8, 4) is 11.5 Å². The molecule has 21 heavy (non-hydrogen) atoms. The molecule has 0 radical (unpaired) electrons. The maximum Gasteiger partial charge on any atom is 0.167 e. The largest absolute Gasteiger partial charge is 0.454 e. The van der Waals surface area contributed by atoms with Crippen molar-refractivity contribution < 1.29 is 9.13 Å². The average molecular weight is 287 g/mol. The number of rotatable bonds is 7. The minimum Gasteiger partial charge on any atom is -0.454 e. The second kappa shape index (κ2) is 7.79. The third-order valence-electron chi connectivity index (χ3n) is 3.38. The van der Waals surface area contributed by atoms with Gasteiger partial charge in [-0.05, 0) is 43.7 Å². The van der Waals surface area contributed by atoms with Crippen molar-refractivity contribution in [1.29, 1.82) is 0 Å². The first-order chi connectivity index (χ1) is 10.2. The molecule has 0 saturated heterocycles. The maximum absolute atomic E-state index is 14.0. The third-order valence-corrected chi connectivity index (χ3v) is 3.38. The number of hydrogen-bond donors (Lipinski definition) is 1. The Morgan fingerprint density at radius 2 is 1.86 bits per heavy atom. The van der Waals surface area contributed by atoms with E-state index in [2.05, 4.69) is 12.2 Å². The van der Waals surface area contributed by atoms with Gasteiger partial charge in [0.25, 0.3) is 0 Å². The van der Waals surface area contributed by atoms with E-state index >= 15 is 0 Å². The number of nitrogens with one attached hydrogen (secondary N) is 1. The number of para-hydroxylation sites is 1. The van der Waals surface area contributed by atoms with E-state index in [-0.39, 0.29) is 5.82 Å². The quantitative estimate of drug-likeness (QED) is 0.798. The molecule has 2 rings (SSSR count). The number of aryl methyl sites for hydroxylation is 1. The summed E-state index contributed by atoms with van der Waals surface area (Å²) >= 11 is 0. The second-order valence-corrected chi connectivity index (χ2v) is 5.11. The lowest BCUT2D eigenvalue weighted by molar-refractivity contribution is 0.434. The standard InChI is InChI=1S/C18H22FNO/c1-3-4-6-14-9-11-16(12-10-14)21-18-15(13-20-2)7-5-8-17(18)19/h5,7-12,20H,3-4,6,13H2,1-2H3. The molecule has 0 bridgehead atoms. The number of hydrogen-bond acceptors (Lipinski definition) is 2. The molecule has 0 saturated carbocycles. The summed E-state index contributed by atoms with van der Waals surface area (Å²) in [5.41, 5.74) is 2.10. The van der Waals surface area contributed by atoms with Crippen LogP contribution in [0.15, 0.2) is 42.5 Å². The Labute approximate surface area is 126 Å². The van der Waals surface area contributed by atoms with E-state index in [1.165, 1.54) is 24.5 Å². The van der Waals surface area contributed by atoms with Crippen LogP contribution in [0.1, 0.15) is 30.9 Å². The molecule has 0 atom stereocenters. The van der Waals surface area contributed by atoms with E-state index in [1.54, 1.807) is 6.07 Å². The lowest BCUT2D eigenvalue weighted by Gasteiger charge is -2.12. The van der Waals surface area contributed by atoms with E-state index in [1.807, 2.05) is 37.4 Å². The Morgan fingerprint density at radius 3 is 2.52 bits per heavy atom. The van der Waals surface area contributed by atoms with Gasteiger partial charge in [0.2, 0.25) is 0 Å². The van der Waals surface area contributed by atoms with Crippen LogP contribution in [0.25, 0.3) is 0 Å². The molecule has 1 N–H and O–H groups in total. The molecule has 112 valence electrons. The molecule has 0 spiro atoms. The fourth-order valence-electron chi connectivity index (χ4n) is 2.22. The van der Waals surface area contributed by atoms with Crippen LogP contribution in [0.4, 0.5) is 4.39 Å². The Morgan fingerprint density at radius 1 is 1.10 bits per heavy atom. The fourth-order valence-corrected chi connectivity index (χ4v) is 2.22. The van der Waals surface area contributed by atoms with Crippen LogP contribution in [-0.4, -0.2) is 7.05 Å². The van der Waals surface area contributed by atoms with Gasteiger partial charge >= 0.3 is 0 Å². The molecule has 0 heterocycles. The minimum absolute atomic E-state index is 0.299. The highest BCUT2D eigenvalue weighted by molar-refractivity contribution is 5.39. The van der Waals surface area contributed by atoms with Crippen molar-refractivity contribution in [2.45, 2.75) is 32.7 Å². The van der Waals surface area contributed by atoms with Crippen LogP contribution in [0.5, 0.6) is 11.5 Å². The molecule has 0 unspecified atom stereocenters. The van der Waals surface area contributed by atoms with E-state index in [0.717, 1.165) is 12.0 Å². The van der Waals surface area contributed by atoms with Crippen LogP contribution >= 0.6 is 0 Å². The summed E-state index contributed by atoms with van der Waals surface area (Å²) < 4.78 is 19.7. The van der Waals surface area contributed by atoms with Crippen LogP contribution in [0.3, 0.4) is 0 Å². The summed E-state index contributed by atoms with van der Waals surface area (Å²) in [6.07, 6.45) is 3.43. The van der Waals surface area contributed by atoms with E-state index in [0.29, 0.717) is 18.0 Å². The van der Waals surface area contributed by atoms with Crippen LogP contribution < -0.4 is 10.1 Å². The highest BCUT2D eigenvalue weighted by Crippen LogP contribution is 2.28. The molecule has 0 aliphatic rings. The predicted molar refractivity (Wildman–Crippen MR) is 84.3 cm³/mol. The summed E-state index contributed by atoms with van der Waals surface area (Å²) in [6.45, 7) is 2.75. The van der Waals surface area contributed by atoms with E-state index in [9.17, 15) is 4.39 Å². The van der Waals surface area contributed by atoms with E-state index in [4.69, 9.17) is 4.74 Å². The van der Waals surface area contributed by atoms with E-state index < -0.39 is 0 Å². The van der Waals surface area contributed by atoms with Gasteiger partial charge < -0.3 is 10.1 Å². The highest BCUT2D eigenvalue weighted by Gasteiger charge is 2.10. The highest BCUT2D eigenvalue weighted by atomic mass is 19.1. The topological polar surface area (TPSA) is 21.3 Å². The number of ether oxygens (including phenoxy) is 1. The van der Waals surface area contributed by atoms with Crippen molar-refractivity contribution in [2.75, 3.05) is 7.05 Å². The Kier molecular flexibility index (Phi) is 5.76. The first-order valence-electron chi connectivity index (χ1n) is 7.43. The summed E-state index contributed by atoms with van der Waals surface area (Å²) in [7, 11) is 1.83. The first kappa shape index (κ1) is 15.5. The summed E-state index contributed by atoms with van der Waals surface area (Å²) in [6, 6.07) is 12.9. The molecule has 0 aliphatic carbocycles. The van der Waals surface area contributed by atoms with Crippen molar-refractivity contribution in [2.24, 2.45) is 0 Å². The fraction of sp³-hybridized carbons (Fsp3) is 0.333. The molecule has 3 heteroatoms. The first-order valence-corrected chi connectivity index (χ1v) is 7.43. The monoisotopic (exact) mass is 287 g/mol. The van der Waals surface area contributed by atoms with Crippen molar-refractivity contribution >= 4 is 0 Å². The predicted octanol–water partition coefficient (Wildman–Crippen LogP) is 4.68. The molecular weight excluding hydrogens is 265 g/mol. The SMILES string of the molecule is CCCCc1ccc(Oc2c(F)cccc2CNC)cc1. The molecular formula is C18H22FNO. The lowest BCUT2D eigenvalue weighted by Crippen LogP contribution is -2.07. The van der Waals surface area contributed by atoms with Gasteiger partial charge in [-0.25, -0.2) is 4.39 Å². The van der Waals surface area contributed by atoms with Crippen molar-refractivity contribution in [1.82, 2.24) is 5.32 Å². The molecule has 2 aromatic carbocycles. The Hall–Kier alpha value is -1.87. The number of unbranched alkanes of at least 4 members (excludes halogenated alkanes) is 1. The number of benzene rings is 2. The van der Waals surface area contributed by atoms with Gasteiger partial charge in [-0.3, -0.25) is 0 Å². The third kappa shape index (κ3) is 4.30. The van der Waals surface area contributed by atoms with Gasteiger partial charge in [0, 0.05) is 12.1 Å². The zero-order valence-electron chi connectivity index (χ0n) is 12.7. The molecule has 0 aromatic heterocycles. The maximum atomic E-state index is 14.0. The zero-order valence-corrected chi connectivity index (χ0v) is 12.7. The van der Waals surface area contributed by atoms with Gasteiger partial charge in [0.05, 0.1) is 0 Å². The molecule has 2 aromatic rings. The normalized spacial score (nSPS) is 10.6. The van der Waals surface area contributed by atoms with Gasteiger partial charge in [-0.1, -0.05) is 37.6 Å². The summed E-state index contributed by atoms with van der Waals surface area (Å²) in [4.78, 5) is 0. The van der Waals surface area contributed by atoms with Gasteiger partial charge in [-0.2, -0.15) is 0 Å². The molecule has 0 fully saturated rings. The molecule has 0 aliphatic heterocycles. The van der Waals surface area contributed by atoms with Gasteiger partial charge in [0.15, 0.2) is 11.6 Å². The van der Waals surface area contributed by atoms with Crippen LogP contribution in [0, 0.1) is 5.82 Å². The molecule has 2 nitrogen and oxygen atoms in total. The van der Waals surface area contributed by atoms with Crippen LogP contribution in [-0.2, 0) is 13.0 Å². The average Bonchev–Trinajstić information content (AvgIpc) is 2.50.